The Kier molecular flexibility index (Phi) is 14.0. The van der Waals surface area contributed by atoms with Crippen molar-refractivity contribution < 1.29 is 38.8 Å². The maximum Gasteiger partial charge on any atom is 0.498 e. The van der Waals surface area contributed by atoms with Crippen LogP contribution >= 0.6 is 15.9 Å². The third-order valence-corrected chi connectivity index (χ3v) is 11.0. The largest absolute Gasteiger partial charge is 0.498 e. The van der Waals surface area contributed by atoms with E-state index in [0.29, 0.717) is 45.8 Å². The highest BCUT2D eigenvalue weighted by atomic mass is 79.9. The maximum absolute atomic E-state index is 11.4. The van der Waals surface area contributed by atoms with Gasteiger partial charge in [0.25, 0.3) is 11.4 Å². The molecule has 0 amide bonds. The third kappa shape index (κ3) is 10.8. The van der Waals surface area contributed by atoms with E-state index in [1.54, 1.807) is 52.2 Å². The van der Waals surface area contributed by atoms with Crippen LogP contribution in [0.25, 0.3) is 11.1 Å². The lowest BCUT2D eigenvalue weighted by Gasteiger charge is -2.32. The molecule has 2 aromatic heterocycles. The van der Waals surface area contributed by atoms with E-state index in [4.69, 9.17) is 30.2 Å². The minimum atomic E-state index is -1.16. The Hall–Kier alpha value is -4.70. The normalized spacial score (nSPS) is 19.6. The predicted octanol–water partition coefficient (Wildman–Crippen LogP) is 6.51. The average Bonchev–Trinajstić information content (AvgIpc) is 3.94. The molecule has 3 saturated heterocycles. The molecule has 60 heavy (non-hydrogen) atoms. The first-order valence-corrected chi connectivity index (χ1v) is 20.2. The fourth-order valence-electron chi connectivity index (χ4n) is 6.48. The van der Waals surface area contributed by atoms with Crippen molar-refractivity contribution in [2.75, 3.05) is 24.7 Å². The van der Waals surface area contributed by atoms with Gasteiger partial charge in [-0.05, 0) is 98.8 Å². The van der Waals surface area contributed by atoms with Crippen molar-refractivity contribution in [3.63, 3.8) is 0 Å². The molecule has 0 aliphatic carbocycles. The molecule has 0 spiro atoms. The molecule has 3 fully saturated rings. The number of aliphatic hydroxyl groups is 2. The molecule has 4 aromatic rings. The predicted molar refractivity (Wildman–Crippen MR) is 228 cm³/mol. The number of halogens is 1. The van der Waals surface area contributed by atoms with Crippen molar-refractivity contribution in [3.8, 4) is 11.1 Å². The van der Waals surface area contributed by atoms with Crippen molar-refractivity contribution in [3.05, 3.63) is 96.5 Å². The fourth-order valence-corrected chi connectivity index (χ4v) is 6.94. The zero-order valence-electron chi connectivity index (χ0n) is 35.0. The van der Waals surface area contributed by atoms with Gasteiger partial charge in [0.15, 0.2) is 11.6 Å². The lowest BCUT2D eigenvalue weighted by Crippen LogP contribution is -2.41. The number of nitro benzene ring substituents is 2. The third-order valence-electron chi connectivity index (χ3n) is 10.6. The number of benzene rings is 2. The monoisotopic (exact) mass is 894 g/mol. The van der Waals surface area contributed by atoms with Crippen molar-refractivity contribution >= 4 is 51.3 Å². The van der Waals surface area contributed by atoms with Crippen LogP contribution in [0.4, 0.5) is 22.7 Å². The minimum absolute atomic E-state index is 0.0696. The zero-order chi connectivity index (χ0) is 44.4. The number of rotatable bonds is 8. The van der Waals surface area contributed by atoms with Crippen molar-refractivity contribution in [1.82, 2.24) is 19.9 Å². The Bertz CT molecular complexity index is 2150. The summed E-state index contributed by atoms with van der Waals surface area (Å²) in [7, 11) is -0.471. The van der Waals surface area contributed by atoms with E-state index < -0.39 is 28.2 Å². The van der Waals surface area contributed by atoms with E-state index in [0.717, 1.165) is 31.1 Å². The summed E-state index contributed by atoms with van der Waals surface area (Å²) in [6.45, 7) is 15.8. The number of anilines is 2. The summed E-state index contributed by atoms with van der Waals surface area (Å²) in [5, 5.41) is 42.0. The Labute approximate surface area is 357 Å². The number of ether oxygens (including phenoxy) is 2. The average molecular weight is 896 g/mol. The van der Waals surface area contributed by atoms with Crippen LogP contribution in [0, 0.1) is 20.2 Å². The Morgan fingerprint density at radius 2 is 1.13 bits per heavy atom. The Morgan fingerprint density at radius 1 is 0.717 bits per heavy atom. The topological polar surface area (TPSA) is 267 Å². The molecule has 6 N–H and O–H groups in total. The van der Waals surface area contributed by atoms with Gasteiger partial charge in [-0.15, -0.1) is 0 Å². The van der Waals surface area contributed by atoms with Crippen LogP contribution in [0.3, 0.4) is 0 Å². The standard InChI is InChI=1S/C17H20N4O4.C13H21BN2O3.C10H11BrN2O3/c1-17(2,22)16-19-8-11(9-20-16)10-6-12(14-4-3-5-25-14)15(18)13(7-10)21(23)24;1-11(2,17)10-15-7-9(8-16-10)14-18-12(3,4)13(5,6)19-14;11-6-4-7(9-2-1-3-16-9)10(12)8(5-6)13(14)15/h6-9,14,22H,3-5,18H2,1-2H3;7-8,17H,1-6H3;4-5,9H,1-3,12H2. The number of nitrogens with zero attached hydrogens (tertiary/aromatic N) is 6. The van der Waals surface area contributed by atoms with Gasteiger partial charge in [-0.2, -0.15) is 0 Å². The zero-order valence-corrected chi connectivity index (χ0v) is 36.6. The molecule has 2 atom stereocenters. The van der Waals surface area contributed by atoms with Crippen LogP contribution in [-0.4, -0.2) is 71.5 Å². The first-order chi connectivity index (χ1) is 27.9. The lowest BCUT2D eigenvalue weighted by molar-refractivity contribution is -0.384. The van der Waals surface area contributed by atoms with Gasteiger partial charge in [0.05, 0.1) is 33.3 Å². The van der Waals surface area contributed by atoms with Gasteiger partial charge in [-0.3, -0.25) is 20.2 Å². The minimum Gasteiger partial charge on any atom is -0.399 e. The molecule has 2 aromatic carbocycles. The summed E-state index contributed by atoms with van der Waals surface area (Å²) in [6.07, 6.45) is 9.49. The molecule has 7 rings (SSSR count). The highest BCUT2D eigenvalue weighted by Crippen LogP contribution is 2.41. The van der Waals surface area contributed by atoms with E-state index in [1.807, 2.05) is 27.7 Å². The summed E-state index contributed by atoms with van der Waals surface area (Å²) in [5.41, 5.74) is 12.2. The van der Waals surface area contributed by atoms with Gasteiger partial charge in [0, 0.05) is 76.8 Å². The van der Waals surface area contributed by atoms with Gasteiger partial charge in [0.1, 0.15) is 22.6 Å². The second kappa shape index (κ2) is 18.1. The Balaban J connectivity index is 0.000000176. The van der Waals surface area contributed by atoms with Crippen LogP contribution in [-0.2, 0) is 30.0 Å². The number of nitrogens with two attached hydrogens (primary N) is 2. The molecular weight excluding hydrogens is 843 g/mol. The molecular formula is C40H52BBrN8O10. The summed E-state index contributed by atoms with van der Waals surface area (Å²) in [4.78, 5) is 37.9. The van der Waals surface area contributed by atoms with Crippen molar-refractivity contribution in [1.29, 1.82) is 0 Å². The van der Waals surface area contributed by atoms with Crippen molar-refractivity contribution in [2.45, 2.75) is 116 Å². The summed E-state index contributed by atoms with van der Waals surface area (Å²) >= 11 is 3.25. The second-order valence-electron chi connectivity index (χ2n) is 16.8. The molecule has 0 saturated carbocycles. The van der Waals surface area contributed by atoms with Crippen LogP contribution in [0.5, 0.6) is 0 Å². The quantitative estimate of drug-likeness (QED) is 0.0636. The molecule has 5 heterocycles. The number of hydrogen-bond donors (Lipinski definition) is 4. The molecule has 3 aliphatic heterocycles. The lowest BCUT2D eigenvalue weighted by atomic mass is 9.81. The highest BCUT2D eigenvalue weighted by molar-refractivity contribution is 9.10. The smallest absolute Gasteiger partial charge is 0.399 e. The Morgan fingerprint density at radius 3 is 1.53 bits per heavy atom. The molecule has 0 radical (unpaired) electrons. The van der Waals surface area contributed by atoms with Gasteiger partial charge < -0.3 is 40.5 Å². The van der Waals surface area contributed by atoms with E-state index in [-0.39, 0.29) is 52.0 Å². The summed E-state index contributed by atoms with van der Waals surface area (Å²) in [5.74, 6) is 0.660. The molecule has 3 aliphatic rings. The molecule has 2 unspecified atom stereocenters. The van der Waals surface area contributed by atoms with E-state index in [1.165, 1.54) is 24.5 Å². The van der Waals surface area contributed by atoms with Crippen LogP contribution in [0.1, 0.15) is 116 Å². The summed E-state index contributed by atoms with van der Waals surface area (Å²) in [6, 6.07) is 6.41. The van der Waals surface area contributed by atoms with E-state index in [2.05, 4.69) is 35.9 Å². The van der Waals surface area contributed by atoms with Gasteiger partial charge in [-0.1, -0.05) is 15.9 Å². The van der Waals surface area contributed by atoms with Crippen LogP contribution < -0.4 is 16.9 Å². The van der Waals surface area contributed by atoms with Gasteiger partial charge >= 0.3 is 7.12 Å². The number of hydrogen-bond acceptors (Lipinski definition) is 16. The SMILES string of the molecule is CC(C)(O)c1ncc(-c2cc(C3CCCO3)c(N)c([N+](=O)[O-])c2)cn1.CC(C)(O)c1ncc(B2OC(C)(C)C(C)(C)O2)cn1.Nc1c(C2CCCO2)cc(Br)cc1[N+](=O)[O-]. The molecule has 322 valence electrons. The van der Waals surface area contributed by atoms with E-state index in [9.17, 15) is 30.4 Å². The maximum atomic E-state index is 11.4. The molecule has 0 bridgehead atoms. The molecule has 20 heteroatoms. The van der Waals surface area contributed by atoms with Crippen molar-refractivity contribution in [2.24, 2.45) is 0 Å². The first-order valence-electron chi connectivity index (χ1n) is 19.4. The number of aromatic nitrogens is 4. The van der Waals surface area contributed by atoms with Crippen LogP contribution in [0.15, 0.2) is 53.5 Å². The van der Waals surface area contributed by atoms with E-state index >= 15 is 0 Å². The van der Waals surface area contributed by atoms with Gasteiger partial charge in [-0.25, -0.2) is 19.9 Å². The number of nitrogen functional groups attached to an aromatic ring is 2. The highest BCUT2D eigenvalue weighted by Gasteiger charge is 2.52. The first kappa shape index (κ1) is 46.4. The molecule has 18 nitrogen and oxygen atoms in total. The number of nitro groups is 2. The van der Waals surface area contributed by atoms with Crippen LogP contribution in [0.2, 0.25) is 0 Å². The fraction of sp³-hybridized carbons (Fsp3) is 0.500. The second-order valence-corrected chi connectivity index (χ2v) is 17.7. The van der Waals surface area contributed by atoms with Gasteiger partial charge in [0.2, 0.25) is 0 Å². The summed E-state index contributed by atoms with van der Waals surface area (Å²) < 4.78 is 23.6.